The van der Waals surface area contributed by atoms with E-state index in [1.807, 2.05) is 40.5 Å². The van der Waals surface area contributed by atoms with Crippen molar-refractivity contribution in [3.63, 3.8) is 0 Å². The highest BCUT2D eigenvalue weighted by atomic mass is 19.3. The van der Waals surface area contributed by atoms with Crippen LogP contribution in [0.2, 0.25) is 0 Å². The molecule has 2 aliphatic rings. The molecule has 4 aromatic heterocycles. The van der Waals surface area contributed by atoms with E-state index in [1.54, 1.807) is 6.20 Å². The molecule has 8 nitrogen and oxygen atoms in total. The number of hydrogen-bond acceptors (Lipinski definition) is 6. The van der Waals surface area contributed by atoms with E-state index in [9.17, 15) is 8.78 Å². The number of fused-ring (bicyclic) bond motifs is 2. The standard InChI is InChI=1S/C25H30F2N8/c1-15-30-23-21(35(15)19-11-25(26,27)12-19)10-16(13-28-23)20-8-9-34-22(20)14-29-24(32-34)31-17-4-6-18(7-5-17)33(2)3/h8-10,13-14,17-19H,4-7,11-12H2,1-3H3,(H,31,32)/t17-,18+. The fourth-order valence-corrected chi connectivity index (χ4v) is 5.64. The van der Waals surface area contributed by atoms with Crippen molar-refractivity contribution in [3.05, 3.63) is 36.5 Å². The van der Waals surface area contributed by atoms with Gasteiger partial charge in [0.15, 0.2) is 5.65 Å². The lowest BCUT2D eigenvalue weighted by molar-refractivity contribution is -0.103. The first-order valence-corrected chi connectivity index (χ1v) is 12.3. The molecule has 6 rings (SSSR count). The van der Waals surface area contributed by atoms with Crippen LogP contribution in [0, 0.1) is 6.92 Å². The lowest BCUT2D eigenvalue weighted by Gasteiger charge is -2.36. The van der Waals surface area contributed by atoms with Crippen molar-refractivity contribution < 1.29 is 8.78 Å². The number of aryl methyl sites for hydroxylation is 1. The topological polar surface area (TPSA) is 76.2 Å². The molecule has 0 radical (unpaired) electrons. The second kappa shape index (κ2) is 8.22. The van der Waals surface area contributed by atoms with Gasteiger partial charge in [0.25, 0.3) is 5.92 Å². The van der Waals surface area contributed by atoms with Gasteiger partial charge in [0, 0.05) is 54.5 Å². The van der Waals surface area contributed by atoms with Gasteiger partial charge in [0.05, 0.1) is 17.2 Å². The molecule has 0 aromatic carbocycles. The number of anilines is 1. The molecule has 1 N–H and O–H groups in total. The van der Waals surface area contributed by atoms with Gasteiger partial charge >= 0.3 is 0 Å². The normalized spacial score (nSPS) is 22.7. The summed E-state index contributed by atoms with van der Waals surface area (Å²) in [5.41, 5.74) is 4.07. The van der Waals surface area contributed by atoms with Gasteiger partial charge < -0.3 is 14.8 Å². The lowest BCUT2D eigenvalue weighted by Crippen LogP contribution is -2.37. The first-order valence-electron chi connectivity index (χ1n) is 12.3. The van der Waals surface area contributed by atoms with Crippen molar-refractivity contribution in [1.29, 1.82) is 0 Å². The first-order chi connectivity index (χ1) is 16.8. The summed E-state index contributed by atoms with van der Waals surface area (Å²) in [6, 6.07) is 4.76. The third-order valence-electron chi connectivity index (χ3n) is 7.64. The number of rotatable bonds is 5. The summed E-state index contributed by atoms with van der Waals surface area (Å²) < 4.78 is 30.8. The zero-order chi connectivity index (χ0) is 24.3. The number of halogens is 2. The SMILES string of the molecule is Cc1nc2ncc(-c3ccn4nc(N[C@H]5CC[C@@H](N(C)C)CC5)ncc34)cc2n1C1CC(F)(F)C1. The Bertz CT molecular complexity index is 1380. The first kappa shape index (κ1) is 22.3. The van der Waals surface area contributed by atoms with Gasteiger partial charge in [-0.1, -0.05) is 0 Å². The fraction of sp³-hybridized carbons (Fsp3) is 0.520. The van der Waals surface area contributed by atoms with Crippen LogP contribution >= 0.6 is 0 Å². The molecule has 0 amide bonds. The van der Waals surface area contributed by atoms with Gasteiger partial charge in [-0.15, -0.1) is 5.10 Å². The highest BCUT2D eigenvalue weighted by Gasteiger charge is 2.47. The number of aromatic nitrogens is 6. The Balaban J connectivity index is 1.25. The van der Waals surface area contributed by atoms with Crippen molar-refractivity contribution in [2.75, 3.05) is 19.4 Å². The maximum Gasteiger partial charge on any atom is 0.252 e. The van der Waals surface area contributed by atoms with E-state index in [4.69, 9.17) is 0 Å². The number of nitrogens with zero attached hydrogens (tertiary/aromatic N) is 7. The van der Waals surface area contributed by atoms with Gasteiger partial charge in [0.1, 0.15) is 5.82 Å². The summed E-state index contributed by atoms with van der Waals surface area (Å²) in [7, 11) is 4.29. The van der Waals surface area contributed by atoms with E-state index >= 15 is 0 Å². The number of pyridine rings is 1. The average molecular weight is 481 g/mol. The van der Waals surface area contributed by atoms with Crippen LogP contribution in [0.25, 0.3) is 27.8 Å². The van der Waals surface area contributed by atoms with Crippen LogP contribution in [0.1, 0.15) is 50.4 Å². The molecule has 2 aliphatic carbocycles. The minimum Gasteiger partial charge on any atom is -0.350 e. The molecular weight excluding hydrogens is 450 g/mol. The van der Waals surface area contributed by atoms with E-state index in [-0.39, 0.29) is 18.9 Å². The minimum absolute atomic E-state index is 0.154. The summed E-state index contributed by atoms with van der Waals surface area (Å²) >= 11 is 0. The van der Waals surface area contributed by atoms with Crippen LogP contribution in [0.3, 0.4) is 0 Å². The third kappa shape index (κ3) is 4.03. The highest BCUT2D eigenvalue weighted by molar-refractivity contribution is 5.85. The van der Waals surface area contributed by atoms with E-state index in [0.29, 0.717) is 29.5 Å². The van der Waals surface area contributed by atoms with Crippen LogP contribution < -0.4 is 5.32 Å². The summed E-state index contributed by atoms with van der Waals surface area (Å²) in [5.74, 6) is -1.25. The number of hydrogen-bond donors (Lipinski definition) is 1. The Morgan fingerprint density at radius 3 is 2.54 bits per heavy atom. The van der Waals surface area contributed by atoms with Crippen molar-refractivity contribution in [2.45, 2.75) is 69.5 Å². The summed E-state index contributed by atoms with van der Waals surface area (Å²) in [5, 5.41) is 8.18. The molecule has 184 valence electrons. The average Bonchev–Trinajstić information content (AvgIpc) is 3.37. The lowest BCUT2D eigenvalue weighted by atomic mass is 9.87. The molecule has 4 aromatic rings. The molecule has 0 bridgehead atoms. The number of alkyl halides is 2. The van der Waals surface area contributed by atoms with Crippen molar-refractivity contribution in [3.8, 4) is 11.1 Å². The van der Waals surface area contributed by atoms with Crippen LogP contribution in [-0.4, -0.2) is 66.1 Å². The molecule has 10 heteroatoms. The molecule has 0 spiro atoms. The molecule has 2 fully saturated rings. The Kier molecular flexibility index (Phi) is 5.24. The molecule has 2 saturated carbocycles. The Morgan fingerprint density at radius 2 is 1.83 bits per heavy atom. The maximum atomic E-state index is 13.5. The molecular formula is C25H30F2N8. The van der Waals surface area contributed by atoms with Crippen LogP contribution in [0.15, 0.2) is 30.7 Å². The summed E-state index contributed by atoms with van der Waals surface area (Å²) in [6.45, 7) is 1.85. The third-order valence-corrected chi connectivity index (χ3v) is 7.64. The largest absolute Gasteiger partial charge is 0.350 e. The van der Waals surface area contributed by atoms with E-state index in [0.717, 1.165) is 35.0 Å². The minimum atomic E-state index is -2.59. The van der Waals surface area contributed by atoms with E-state index in [1.165, 1.54) is 12.8 Å². The van der Waals surface area contributed by atoms with Gasteiger partial charge in [-0.2, -0.15) is 0 Å². The second-order valence-corrected chi connectivity index (χ2v) is 10.3. The van der Waals surface area contributed by atoms with Gasteiger partial charge in [-0.3, -0.25) is 0 Å². The summed E-state index contributed by atoms with van der Waals surface area (Å²) in [6.07, 6.45) is 9.77. The monoisotopic (exact) mass is 480 g/mol. The zero-order valence-corrected chi connectivity index (χ0v) is 20.2. The predicted molar refractivity (Wildman–Crippen MR) is 131 cm³/mol. The van der Waals surface area contributed by atoms with E-state index < -0.39 is 5.92 Å². The fourth-order valence-electron chi connectivity index (χ4n) is 5.64. The van der Waals surface area contributed by atoms with Gasteiger partial charge in [-0.25, -0.2) is 28.2 Å². The Morgan fingerprint density at radius 1 is 1.06 bits per heavy atom. The maximum absolute atomic E-state index is 13.5. The van der Waals surface area contributed by atoms with Gasteiger partial charge in [-0.05, 0) is 58.8 Å². The van der Waals surface area contributed by atoms with Crippen molar-refractivity contribution in [1.82, 2.24) is 34.0 Å². The van der Waals surface area contributed by atoms with Crippen LogP contribution in [0.5, 0.6) is 0 Å². The predicted octanol–water partition coefficient (Wildman–Crippen LogP) is 4.70. The van der Waals surface area contributed by atoms with Crippen LogP contribution in [-0.2, 0) is 0 Å². The Hall–Kier alpha value is -3.14. The summed E-state index contributed by atoms with van der Waals surface area (Å²) in [4.78, 5) is 15.9. The molecule has 0 atom stereocenters. The van der Waals surface area contributed by atoms with Crippen LogP contribution in [0.4, 0.5) is 14.7 Å². The Labute approximate surface area is 202 Å². The number of imidazole rings is 1. The molecule has 4 heterocycles. The van der Waals surface area contributed by atoms with Crippen molar-refractivity contribution >= 4 is 22.6 Å². The zero-order valence-electron chi connectivity index (χ0n) is 20.2. The van der Waals surface area contributed by atoms with Gasteiger partial charge in [0.2, 0.25) is 5.95 Å². The molecule has 0 unspecified atom stereocenters. The molecule has 0 aliphatic heterocycles. The molecule has 35 heavy (non-hydrogen) atoms. The quantitative estimate of drug-likeness (QED) is 0.446. The van der Waals surface area contributed by atoms with Crippen molar-refractivity contribution in [2.24, 2.45) is 0 Å². The smallest absolute Gasteiger partial charge is 0.252 e. The molecule has 0 saturated heterocycles. The highest BCUT2D eigenvalue weighted by Crippen LogP contribution is 2.47. The second-order valence-electron chi connectivity index (χ2n) is 10.3. The number of nitrogens with one attached hydrogen (secondary N) is 1. The van der Waals surface area contributed by atoms with E-state index in [2.05, 4.69) is 44.4 Å².